The van der Waals surface area contributed by atoms with E-state index in [4.69, 9.17) is 9.52 Å². The number of aryl methyl sites for hydroxylation is 1. The van der Waals surface area contributed by atoms with Gasteiger partial charge in [-0.3, -0.25) is 4.79 Å². The second kappa shape index (κ2) is 6.10. The molecule has 20 heavy (non-hydrogen) atoms. The number of carbonyl (C=O) groups is 2. The zero-order valence-corrected chi connectivity index (χ0v) is 11.1. The summed E-state index contributed by atoms with van der Waals surface area (Å²) in [7, 11) is 0. The zero-order chi connectivity index (χ0) is 14.5. The Morgan fingerprint density at radius 2 is 2.15 bits per heavy atom. The quantitative estimate of drug-likeness (QED) is 0.846. The first-order chi connectivity index (χ1) is 9.61. The molecule has 2 aromatic rings. The van der Waals surface area contributed by atoms with Gasteiger partial charge < -0.3 is 19.4 Å². The standard InChI is InChI=1S/C14H16N2O4/c1-2-7-16-8-3-4-11(16)13(17)15-9-10-5-6-12(20-10)14(18)19/h3-6,8H,2,7,9H2,1H3,(H,15,17)(H,18,19). The van der Waals surface area contributed by atoms with E-state index < -0.39 is 5.97 Å². The predicted octanol–water partition coefficient (Wildman–Crippen LogP) is 2.12. The number of hydrogen-bond donors (Lipinski definition) is 2. The molecular weight excluding hydrogens is 260 g/mol. The van der Waals surface area contributed by atoms with Gasteiger partial charge in [0, 0.05) is 12.7 Å². The Morgan fingerprint density at radius 1 is 1.35 bits per heavy atom. The highest BCUT2D eigenvalue weighted by atomic mass is 16.4. The molecule has 0 bridgehead atoms. The van der Waals surface area contributed by atoms with Crippen LogP contribution in [0, 0.1) is 0 Å². The highest BCUT2D eigenvalue weighted by Crippen LogP contribution is 2.08. The molecule has 6 nitrogen and oxygen atoms in total. The van der Waals surface area contributed by atoms with Gasteiger partial charge in [-0.25, -0.2) is 4.79 Å². The molecule has 2 rings (SSSR count). The molecule has 0 atom stereocenters. The van der Waals surface area contributed by atoms with Crippen molar-refractivity contribution in [3.63, 3.8) is 0 Å². The van der Waals surface area contributed by atoms with Crippen LogP contribution in [-0.4, -0.2) is 21.6 Å². The number of aromatic nitrogens is 1. The molecule has 0 saturated carbocycles. The molecule has 0 aliphatic carbocycles. The summed E-state index contributed by atoms with van der Waals surface area (Å²) in [4.78, 5) is 22.7. The lowest BCUT2D eigenvalue weighted by Crippen LogP contribution is -2.25. The maximum absolute atomic E-state index is 12.0. The monoisotopic (exact) mass is 276 g/mol. The molecular formula is C14H16N2O4. The van der Waals surface area contributed by atoms with Crippen molar-refractivity contribution in [2.45, 2.75) is 26.4 Å². The summed E-state index contributed by atoms with van der Waals surface area (Å²) in [6.07, 6.45) is 2.79. The van der Waals surface area contributed by atoms with E-state index in [0.717, 1.165) is 13.0 Å². The van der Waals surface area contributed by atoms with Gasteiger partial charge >= 0.3 is 5.97 Å². The minimum atomic E-state index is -1.13. The lowest BCUT2D eigenvalue weighted by Gasteiger charge is -2.07. The Hall–Kier alpha value is -2.50. The average Bonchev–Trinajstić information content (AvgIpc) is 3.05. The summed E-state index contributed by atoms with van der Waals surface area (Å²) in [6, 6.07) is 6.47. The predicted molar refractivity (Wildman–Crippen MR) is 71.6 cm³/mol. The van der Waals surface area contributed by atoms with Crippen LogP contribution in [-0.2, 0) is 13.1 Å². The largest absolute Gasteiger partial charge is 0.475 e. The maximum atomic E-state index is 12.0. The van der Waals surface area contributed by atoms with E-state index in [1.807, 2.05) is 23.8 Å². The van der Waals surface area contributed by atoms with Crippen LogP contribution >= 0.6 is 0 Å². The second-order valence-corrected chi connectivity index (χ2v) is 4.34. The van der Waals surface area contributed by atoms with Crippen LogP contribution in [0.1, 0.15) is 40.1 Å². The summed E-state index contributed by atoms with van der Waals surface area (Å²) in [5.74, 6) is -1.07. The minimum absolute atomic E-state index is 0.136. The summed E-state index contributed by atoms with van der Waals surface area (Å²) in [6.45, 7) is 2.97. The van der Waals surface area contributed by atoms with Gasteiger partial charge in [0.05, 0.1) is 6.54 Å². The summed E-state index contributed by atoms with van der Waals surface area (Å²) in [5.41, 5.74) is 0.580. The molecule has 0 spiro atoms. The Bertz CT molecular complexity index is 612. The molecule has 6 heteroatoms. The van der Waals surface area contributed by atoms with Gasteiger partial charge in [0.15, 0.2) is 0 Å². The van der Waals surface area contributed by atoms with Crippen molar-refractivity contribution < 1.29 is 19.1 Å². The SMILES string of the molecule is CCCn1cccc1C(=O)NCc1ccc(C(=O)O)o1. The first kappa shape index (κ1) is 13.9. The normalized spacial score (nSPS) is 10.4. The summed E-state index contributed by atoms with van der Waals surface area (Å²) in [5, 5.41) is 11.4. The number of carboxylic acid groups (broad SMARTS) is 1. The molecule has 0 fully saturated rings. The number of amides is 1. The number of aromatic carboxylic acids is 1. The lowest BCUT2D eigenvalue weighted by molar-refractivity contribution is 0.0660. The zero-order valence-electron chi connectivity index (χ0n) is 11.1. The molecule has 0 saturated heterocycles. The van der Waals surface area contributed by atoms with E-state index in [1.54, 1.807) is 6.07 Å². The van der Waals surface area contributed by atoms with Crippen LogP contribution in [0.5, 0.6) is 0 Å². The maximum Gasteiger partial charge on any atom is 0.371 e. The van der Waals surface area contributed by atoms with E-state index in [9.17, 15) is 9.59 Å². The lowest BCUT2D eigenvalue weighted by atomic mass is 10.3. The third-order valence-electron chi connectivity index (χ3n) is 2.82. The number of furan rings is 1. The smallest absolute Gasteiger partial charge is 0.371 e. The molecule has 0 unspecified atom stereocenters. The van der Waals surface area contributed by atoms with Crippen molar-refractivity contribution in [2.24, 2.45) is 0 Å². The number of carboxylic acids is 1. The minimum Gasteiger partial charge on any atom is -0.475 e. The second-order valence-electron chi connectivity index (χ2n) is 4.34. The molecule has 0 aliphatic rings. The van der Waals surface area contributed by atoms with E-state index in [1.165, 1.54) is 12.1 Å². The van der Waals surface area contributed by atoms with Crippen LogP contribution in [0.3, 0.4) is 0 Å². The third-order valence-corrected chi connectivity index (χ3v) is 2.82. The van der Waals surface area contributed by atoms with E-state index in [0.29, 0.717) is 11.5 Å². The molecule has 1 amide bonds. The van der Waals surface area contributed by atoms with Gasteiger partial charge in [-0.2, -0.15) is 0 Å². The average molecular weight is 276 g/mol. The van der Waals surface area contributed by atoms with Gasteiger partial charge in [-0.1, -0.05) is 6.92 Å². The number of nitrogens with one attached hydrogen (secondary N) is 1. The first-order valence-electron chi connectivity index (χ1n) is 6.37. The van der Waals surface area contributed by atoms with Crippen LogP contribution in [0.2, 0.25) is 0 Å². The fourth-order valence-electron chi connectivity index (χ4n) is 1.90. The van der Waals surface area contributed by atoms with Crippen LogP contribution in [0.15, 0.2) is 34.9 Å². The fraction of sp³-hybridized carbons (Fsp3) is 0.286. The molecule has 0 aromatic carbocycles. The Labute approximate surface area is 116 Å². The van der Waals surface area contributed by atoms with E-state index in [2.05, 4.69) is 5.32 Å². The van der Waals surface area contributed by atoms with Gasteiger partial charge in [0.25, 0.3) is 5.91 Å². The summed E-state index contributed by atoms with van der Waals surface area (Å²) < 4.78 is 6.94. The number of hydrogen-bond acceptors (Lipinski definition) is 3. The molecule has 2 aromatic heterocycles. The number of carbonyl (C=O) groups excluding carboxylic acids is 1. The molecule has 2 heterocycles. The third kappa shape index (κ3) is 3.09. The summed E-state index contributed by atoms with van der Waals surface area (Å²) >= 11 is 0. The van der Waals surface area contributed by atoms with Crippen LogP contribution in [0.25, 0.3) is 0 Å². The van der Waals surface area contributed by atoms with Gasteiger partial charge in [-0.05, 0) is 30.7 Å². The van der Waals surface area contributed by atoms with Gasteiger partial charge in [0.2, 0.25) is 5.76 Å². The van der Waals surface area contributed by atoms with Crippen molar-refractivity contribution in [2.75, 3.05) is 0 Å². The van der Waals surface area contributed by atoms with Crippen molar-refractivity contribution in [1.82, 2.24) is 9.88 Å². The van der Waals surface area contributed by atoms with E-state index in [-0.39, 0.29) is 18.2 Å². The first-order valence-corrected chi connectivity index (χ1v) is 6.37. The topological polar surface area (TPSA) is 84.5 Å². The highest BCUT2D eigenvalue weighted by Gasteiger charge is 2.12. The fourth-order valence-corrected chi connectivity index (χ4v) is 1.90. The van der Waals surface area contributed by atoms with Crippen LogP contribution < -0.4 is 5.32 Å². The van der Waals surface area contributed by atoms with Crippen molar-refractivity contribution in [3.8, 4) is 0 Å². The number of nitrogens with zero attached hydrogens (tertiary/aromatic N) is 1. The Balaban J connectivity index is 1.97. The van der Waals surface area contributed by atoms with E-state index >= 15 is 0 Å². The molecule has 106 valence electrons. The Morgan fingerprint density at radius 3 is 2.80 bits per heavy atom. The Kier molecular flexibility index (Phi) is 4.24. The van der Waals surface area contributed by atoms with Crippen molar-refractivity contribution in [3.05, 3.63) is 47.7 Å². The molecule has 0 aliphatic heterocycles. The van der Waals surface area contributed by atoms with Gasteiger partial charge in [-0.15, -0.1) is 0 Å². The molecule has 0 radical (unpaired) electrons. The number of rotatable bonds is 6. The van der Waals surface area contributed by atoms with Gasteiger partial charge in [0.1, 0.15) is 11.5 Å². The molecule has 2 N–H and O–H groups in total. The highest BCUT2D eigenvalue weighted by molar-refractivity contribution is 5.92. The van der Waals surface area contributed by atoms with Crippen molar-refractivity contribution in [1.29, 1.82) is 0 Å². The van der Waals surface area contributed by atoms with Crippen LogP contribution in [0.4, 0.5) is 0 Å². The van der Waals surface area contributed by atoms with Crippen molar-refractivity contribution >= 4 is 11.9 Å².